The highest BCUT2D eigenvalue weighted by molar-refractivity contribution is 14.0. The van der Waals surface area contributed by atoms with Crippen molar-refractivity contribution >= 4 is 41.3 Å². The molecule has 0 aliphatic heterocycles. The summed E-state index contributed by atoms with van der Waals surface area (Å²) in [5.74, 6) is 0.400. The zero-order valence-electron chi connectivity index (χ0n) is 16.8. The van der Waals surface area contributed by atoms with Crippen molar-refractivity contribution in [3.63, 3.8) is 0 Å². The summed E-state index contributed by atoms with van der Waals surface area (Å²) in [4.78, 5) is 6.63. The van der Waals surface area contributed by atoms with Gasteiger partial charge in [-0.2, -0.15) is 11.3 Å². The predicted molar refractivity (Wildman–Crippen MR) is 126 cm³/mol. The van der Waals surface area contributed by atoms with Gasteiger partial charge in [0, 0.05) is 13.1 Å². The second-order valence-corrected chi connectivity index (χ2v) is 7.67. The van der Waals surface area contributed by atoms with Gasteiger partial charge in [-0.25, -0.2) is 9.38 Å². The molecule has 1 heterocycles. The Morgan fingerprint density at radius 2 is 1.93 bits per heavy atom. The number of likely N-dealkylation sites (N-methyl/N-ethyl adjacent to an activating group) is 1. The van der Waals surface area contributed by atoms with E-state index in [0.717, 1.165) is 17.7 Å². The maximum absolute atomic E-state index is 13.2. The van der Waals surface area contributed by atoms with Crippen LogP contribution in [0, 0.1) is 5.82 Å². The molecule has 0 aliphatic rings. The molecule has 2 rings (SSSR count). The number of rotatable bonds is 8. The summed E-state index contributed by atoms with van der Waals surface area (Å²) in [6.45, 7) is 5.34. The van der Waals surface area contributed by atoms with Gasteiger partial charge < -0.3 is 20.6 Å². The van der Waals surface area contributed by atoms with E-state index < -0.39 is 5.60 Å². The first-order chi connectivity index (χ1) is 12.8. The van der Waals surface area contributed by atoms with E-state index in [1.807, 2.05) is 37.8 Å². The van der Waals surface area contributed by atoms with Crippen LogP contribution < -0.4 is 10.6 Å². The minimum atomic E-state index is -1.01. The van der Waals surface area contributed by atoms with Crippen LogP contribution >= 0.6 is 35.3 Å². The van der Waals surface area contributed by atoms with Crippen LogP contribution in [0.2, 0.25) is 0 Å². The molecule has 0 aliphatic carbocycles. The van der Waals surface area contributed by atoms with Crippen molar-refractivity contribution in [2.24, 2.45) is 4.99 Å². The Morgan fingerprint density at radius 3 is 2.46 bits per heavy atom. The Morgan fingerprint density at radius 1 is 1.25 bits per heavy atom. The van der Waals surface area contributed by atoms with E-state index >= 15 is 0 Å². The number of aliphatic hydroxyl groups is 1. The lowest BCUT2D eigenvalue weighted by molar-refractivity contribution is 0.0677. The van der Waals surface area contributed by atoms with E-state index in [1.165, 1.54) is 12.1 Å². The van der Waals surface area contributed by atoms with E-state index in [0.29, 0.717) is 12.5 Å². The van der Waals surface area contributed by atoms with Crippen LogP contribution in [0.25, 0.3) is 0 Å². The molecule has 8 heteroatoms. The maximum Gasteiger partial charge on any atom is 0.191 e. The number of benzene rings is 1. The summed E-state index contributed by atoms with van der Waals surface area (Å²) in [6.07, 6.45) is 0. The van der Waals surface area contributed by atoms with Crippen LogP contribution in [0.3, 0.4) is 0 Å². The Bertz CT molecular complexity index is 720. The van der Waals surface area contributed by atoms with Crippen molar-refractivity contribution in [1.29, 1.82) is 0 Å². The molecule has 1 aromatic carbocycles. The van der Waals surface area contributed by atoms with Gasteiger partial charge >= 0.3 is 0 Å². The lowest BCUT2D eigenvalue weighted by atomic mass is 10.00. The molecule has 0 spiro atoms. The third-order valence-corrected chi connectivity index (χ3v) is 5.06. The van der Waals surface area contributed by atoms with Crippen LogP contribution in [-0.2, 0) is 5.60 Å². The third kappa shape index (κ3) is 7.31. The molecule has 0 amide bonds. The number of guanidine groups is 1. The van der Waals surface area contributed by atoms with Gasteiger partial charge in [-0.15, -0.1) is 24.0 Å². The molecule has 0 saturated carbocycles. The third-order valence-electron chi connectivity index (χ3n) is 4.37. The molecule has 5 nitrogen and oxygen atoms in total. The fourth-order valence-corrected chi connectivity index (χ4v) is 3.50. The van der Waals surface area contributed by atoms with Gasteiger partial charge in [-0.1, -0.05) is 12.1 Å². The topological polar surface area (TPSA) is 59.9 Å². The monoisotopic (exact) mass is 520 g/mol. The SMILES string of the molecule is CCNC(=NCC(C)(O)c1ccsc1)NCC(c1ccc(F)cc1)N(C)C.I. The van der Waals surface area contributed by atoms with E-state index in [-0.39, 0.29) is 42.4 Å². The highest BCUT2D eigenvalue weighted by Gasteiger charge is 2.23. The first-order valence-electron chi connectivity index (χ1n) is 9.02. The van der Waals surface area contributed by atoms with Crippen LogP contribution in [0.5, 0.6) is 0 Å². The maximum atomic E-state index is 13.2. The molecule has 28 heavy (non-hydrogen) atoms. The Hall–Kier alpha value is -1.23. The standard InChI is InChI=1S/C20H29FN4OS.HI/c1-5-22-19(24-14-20(2,26)16-10-11-27-13-16)23-12-18(25(3)4)15-6-8-17(21)9-7-15;/h6-11,13,18,26H,5,12,14H2,1-4H3,(H2,22,23,24);1H. The highest BCUT2D eigenvalue weighted by Crippen LogP contribution is 2.23. The Kier molecular flexibility index (Phi) is 10.4. The fourth-order valence-electron chi connectivity index (χ4n) is 2.71. The van der Waals surface area contributed by atoms with Crippen molar-refractivity contribution in [2.75, 3.05) is 33.7 Å². The van der Waals surface area contributed by atoms with E-state index in [2.05, 4.69) is 20.5 Å². The van der Waals surface area contributed by atoms with Gasteiger partial charge in [0.1, 0.15) is 11.4 Å². The van der Waals surface area contributed by atoms with Gasteiger partial charge in [0.25, 0.3) is 0 Å². The number of nitrogens with zero attached hydrogens (tertiary/aromatic N) is 2. The second kappa shape index (κ2) is 11.7. The molecule has 0 bridgehead atoms. The first-order valence-corrected chi connectivity index (χ1v) is 9.97. The number of thiophene rings is 1. The molecule has 2 unspecified atom stereocenters. The second-order valence-electron chi connectivity index (χ2n) is 6.89. The lowest BCUT2D eigenvalue weighted by Crippen LogP contribution is -2.42. The molecule has 3 N–H and O–H groups in total. The molecule has 1 aromatic heterocycles. The van der Waals surface area contributed by atoms with E-state index in [9.17, 15) is 9.50 Å². The van der Waals surface area contributed by atoms with Crippen molar-refractivity contribution in [3.05, 3.63) is 58.0 Å². The first kappa shape index (κ1) is 24.8. The normalized spacial score (nSPS) is 14.9. The van der Waals surface area contributed by atoms with Gasteiger partial charge in [0.05, 0.1) is 12.6 Å². The van der Waals surface area contributed by atoms with Crippen molar-refractivity contribution < 1.29 is 9.50 Å². The fraction of sp³-hybridized carbons (Fsp3) is 0.450. The summed E-state index contributed by atoms with van der Waals surface area (Å²) in [5.41, 5.74) is 0.875. The quantitative estimate of drug-likeness (QED) is 0.283. The van der Waals surface area contributed by atoms with Gasteiger partial charge in [0.2, 0.25) is 0 Å². The minimum absolute atomic E-state index is 0. The summed E-state index contributed by atoms with van der Waals surface area (Å²) >= 11 is 1.56. The average molecular weight is 520 g/mol. The van der Waals surface area contributed by atoms with Crippen LogP contribution in [-0.4, -0.2) is 49.7 Å². The highest BCUT2D eigenvalue weighted by atomic mass is 127. The van der Waals surface area contributed by atoms with Crippen LogP contribution in [0.1, 0.15) is 31.0 Å². The average Bonchev–Trinajstić information content (AvgIpc) is 3.16. The van der Waals surface area contributed by atoms with Gasteiger partial charge in [0.15, 0.2) is 5.96 Å². The van der Waals surface area contributed by atoms with Crippen LogP contribution in [0.4, 0.5) is 4.39 Å². The van der Waals surface area contributed by atoms with E-state index in [4.69, 9.17) is 0 Å². The van der Waals surface area contributed by atoms with Gasteiger partial charge in [-0.05, 0) is 68.0 Å². The summed E-state index contributed by atoms with van der Waals surface area (Å²) in [5, 5.41) is 21.1. The number of halogens is 2. The zero-order chi connectivity index (χ0) is 19.9. The Labute approximate surface area is 188 Å². The minimum Gasteiger partial charge on any atom is -0.383 e. The van der Waals surface area contributed by atoms with Crippen molar-refractivity contribution in [2.45, 2.75) is 25.5 Å². The molecule has 0 fully saturated rings. The van der Waals surface area contributed by atoms with Gasteiger partial charge in [-0.3, -0.25) is 0 Å². The zero-order valence-corrected chi connectivity index (χ0v) is 19.9. The summed E-state index contributed by atoms with van der Waals surface area (Å²) < 4.78 is 13.2. The summed E-state index contributed by atoms with van der Waals surface area (Å²) in [7, 11) is 3.97. The summed E-state index contributed by atoms with van der Waals surface area (Å²) in [6, 6.07) is 8.52. The number of hydrogen-bond donors (Lipinski definition) is 3. The number of aliphatic imine (C=N–C) groups is 1. The number of hydrogen-bond acceptors (Lipinski definition) is 4. The molecule has 2 atom stereocenters. The molecule has 0 radical (unpaired) electrons. The van der Waals surface area contributed by atoms with Crippen LogP contribution in [0.15, 0.2) is 46.1 Å². The largest absolute Gasteiger partial charge is 0.383 e. The predicted octanol–water partition coefficient (Wildman–Crippen LogP) is 3.57. The smallest absolute Gasteiger partial charge is 0.191 e. The molecular formula is C20H30FIN4OS. The molecular weight excluding hydrogens is 490 g/mol. The lowest BCUT2D eigenvalue weighted by Gasteiger charge is -2.26. The number of nitrogens with one attached hydrogen (secondary N) is 2. The van der Waals surface area contributed by atoms with Crippen molar-refractivity contribution in [1.82, 2.24) is 15.5 Å². The van der Waals surface area contributed by atoms with E-state index in [1.54, 1.807) is 30.4 Å². The molecule has 0 saturated heterocycles. The Balaban J connectivity index is 0.00000392. The molecule has 156 valence electrons. The van der Waals surface area contributed by atoms with Crippen molar-refractivity contribution in [3.8, 4) is 0 Å². The molecule has 2 aromatic rings.